The van der Waals surface area contributed by atoms with Gasteiger partial charge in [-0.3, -0.25) is 0 Å². The first-order chi connectivity index (χ1) is 3.79. The predicted molar refractivity (Wildman–Crippen MR) is 28.9 cm³/mol. The van der Waals surface area contributed by atoms with Crippen molar-refractivity contribution in [1.29, 1.82) is 0 Å². The Morgan fingerprint density at radius 3 is 1.10 bits per heavy atom. The summed E-state index contributed by atoms with van der Waals surface area (Å²) < 4.78 is 0. The summed E-state index contributed by atoms with van der Waals surface area (Å²) in [6.07, 6.45) is 0. The molecule has 0 saturated carbocycles. The van der Waals surface area contributed by atoms with Crippen molar-refractivity contribution >= 4 is 25.3 Å². The average Bonchev–Trinajstić information content (AvgIpc) is 1.77. The van der Waals surface area contributed by atoms with Gasteiger partial charge in [0.1, 0.15) is 0 Å². The molecule has 0 radical (unpaired) electrons. The van der Waals surface area contributed by atoms with Crippen LogP contribution in [0.5, 0.6) is 0 Å². The maximum Gasteiger partial charge on any atom is 1.00 e. The summed E-state index contributed by atoms with van der Waals surface area (Å²) in [4.78, 5) is 0. The molecule has 4 nitrogen and oxygen atoms in total. The first kappa shape index (κ1) is 15.1. The van der Waals surface area contributed by atoms with Crippen molar-refractivity contribution in [2.75, 3.05) is 0 Å². The largest absolute Gasteiger partial charge is 1.00 e. The zero-order valence-electron chi connectivity index (χ0n) is 5.61. The molecule has 0 amide bonds. The molecule has 1 aromatic rings. The summed E-state index contributed by atoms with van der Waals surface area (Å²) in [6, 6.07) is 0. The molecule has 1 heterocycles. The summed E-state index contributed by atoms with van der Waals surface area (Å²) in [5.41, 5.74) is 0. The van der Waals surface area contributed by atoms with E-state index < -0.39 is 0 Å². The van der Waals surface area contributed by atoms with Gasteiger partial charge in [-0.25, -0.2) is 0 Å². The third-order valence-electron chi connectivity index (χ3n) is 0.442. The molecule has 0 fully saturated rings. The topological polar surface area (TPSA) is 51.6 Å². The molecule has 0 spiro atoms. The predicted octanol–water partition coefficient (Wildman–Crippen LogP) is -6.91. The fourth-order valence-corrected chi connectivity index (χ4v) is 0.374. The molecule has 0 atom stereocenters. The van der Waals surface area contributed by atoms with Crippen LogP contribution in [0.25, 0.3) is 0 Å². The van der Waals surface area contributed by atoms with E-state index in [1.165, 1.54) is 0 Å². The van der Waals surface area contributed by atoms with E-state index in [2.05, 4.69) is 45.7 Å². The van der Waals surface area contributed by atoms with Gasteiger partial charge in [0.25, 0.3) is 0 Å². The van der Waals surface area contributed by atoms with Crippen LogP contribution in [0, 0.1) is 0 Å². The molecule has 0 aliphatic carbocycles. The minimum Gasteiger partial charge on any atom is -0.736 e. The average molecular weight is 222 g/mol. The van der Waals surface area contributed by atoms with Crippen LogP contribution in [0.2, 0.25) is 0 Å². The van der Waals surface area contributed by atoms with Crippen LogP contribution in [0.1, 0.15) is 0 Å². The van der Waals surface area contributed by atoms with Gasteiger partial charge in [0, 0.05) is 0 Å². The fourth-order valence-electron chi connectivity index (χ4n) is 0.211. The van der Waals surface area contributed by atoms with Crippen molar-refractivity contribution in [2.45, 2.75) is 10.3 Å². The molecule has 1 aromatic heterocycles. The van der Waals surface area contributed by atoms with E-state index in [0.717, 1.165) is 0 Å². The van der Waals surface area contributed by atoms with E-state index in [1.807, 2.05) is 0 Å². The second-order valence-corrected chi connectivity index (χ2v) is 1.70. The molecule has 0 N–H and O–H groups in total. The Morgan fingerprint density at radius 2 is 0.900 bits per heavy atom. The molecule has 8 heteroatoms. The van der Waals surface area contributed by atoms with Crippen molar-refractivity contribution in [3.63, 3.8) is 0 Å². The van der Waals surface area contributed by atoms with E-state index in [0.29, 0.717) is 0 Å². The number of rotatable bonds is 0. The van der Waals surface area contributed by atoms with Gasteiger partial charge in [0.15, 0.2) is 0 Å². The minimum atomic E-state index is 0. The van der Waals surface area contributed by atoms with Crippen molar-refractivity contribution < 1.29 is 103 Å². The summed E-state index contributed by atoms with van der Waals surface area (Å²) in [5.74, 6) is 0. The van der Waals surface area contributed by atoms with E-state index in [4.69, 9.17) is 0 Å². The maximum atomic E-state index is 4.48. The molecule has 0 aliphatic rings. The number of aromatic nitrogens is 4. The van der Waals surface area contributed by atoms with E-state index >= 15 is 0 Å². The van der Waals surface area contributed by atoms with Crippen molar-refractivity contribution in [3.05, 3.63) is 0 Å². The Hall–Kier alpha value is 2.65. The van der Waals surface area contributed by atoms with Crippen LogP contribution in [-0.2, 0) is 25.3 Å². The summed E-state index contributed by atoms with van der Waals surface area (Å²) in [6.45, 7) is 0. The Kier molecular flexibility index (Phi) is 12.5. The van der Waals surface area contributed by atoms with Gasteiger partial charge >= 0.3 is 103 Å². The molecule has 0 unspecified atom stereocenters. The second kappa shape index (κ2) is 8.26. The number of hydrogen-bond donors (Lipinski definition) is 0. The van der Waals surface area contributed by atoms with Gasteiger partial charge in [0.05, 0.1) is 10.3 Å². The molecule has 42 valence electrons. The zero-order valence-corrected chi connectivity index (χ0v) is 13.5. The van der Waals surface area contributed by atoms with Crippen LogP contribution < -0.4 is 103 Å². The molecular weight excluding hydrogens is 222 g/mol. The Balaban J connectivity index is 0. The monoisotopic (exact) mass is 222 g/mol. The van der Waals surface area contributed by atoms with E-state index in [9.17, 15) is 0 Å². The fraction of sp³-hybridized carbons (Fsp3) is 0. The molecule has 10 heavy (non-hydrogen) atoms. The smallest absolute Gasteiger partial charge is 0.736 e. The minimum absolute atomic E-state index is 0. The van der Waals surface area contributed by atoms with Gasteiger partial charge in [-0.1, -0.05) is 0 Å². The first-order valence-electron chi connectivity index (χ1n) is 1.70. The Labute approximate surface area is 154 Å². The van der Waals surface area contributed by atoms with Crippen molar-refractivity contribution in [2.24, 2.45) is 0 Å². The van der Waals surface area contributed by atoms with E-state index in [-0.39, 0.29) is 113 Å². The molecule has 1 rings (SSSR count). The molecule has 0 aromatic carbocycles. The van der Waals surface area contributed by atoms with Gasteiger partial charge in [-0.05, 0) is 0 Å². The Bertz CT molecular complexity index is 158. The van der Waals surface area contributed by atoms with Gasteiger partial charge in [-0.2, -0.15) is 20.4 Å². The van der Waals surface area contributed by atoms with Crippen molar-refractivity contribution in [3.8, 4) is 0 Å². The van der Waals surface area contributed by atoms with Crippen LogP contribution >= 0.6 is 0 Å². The normalized spacial score (nSPS) is 7.20. The zero-order chi connectivity index (χ0) is 5.98. The van der Waals surface area contributed by atoms with Crippen LogP contribution in [0.15, 0.2) is 10.3 Å². The standard InChI is InChI=1S/C2H2N4S2.2K/c7-1-3-5-2(8)6-4-1;;/h(H,3,4,7)(H,5,6,8);;/q;2*+1/p-2. The number of nitrogens with zero attached hydrogens (tertiary/aromatic N) is 4. The van der Waals surface area contributed by atoms with Crippen LogP contribution in [0.3, 0.4) is 0 Å². The number of hydrogen-bond acceptors (Lipinski definition) is 6. The quantitative estimate of drug-likeness (QED) is 0.321. The summed E-state index contributed by atoms with van der Waals surface area (Å²) >= 11 is 8.96. The summed E-state index contributed by atoms with van der Waals surface area (Å²) in [5, 5.41) is 13.7. The van der Waals surface area contributed by atoms with Gasteiger partial charge < -0.3 is 25.3 Å². The van der Waals surface area contributed by atoms with Gasteiger partial charge in [-0.15, -0.1) is 0 Å². The first-order valence-corrected chi connectivity index (χ1v) is 2.52. The van der Waals surface area contributed by atoms with Crippen molar-refractivity contribution in [1.82, 2.24) is 20.4 Å². The molecule has 0 saturated heterocycles. The van der Waals surface area contributed by atoms with Crippen LogP contribution in [-0.4, -0.2) is 20.4 Å². The molecule has 0 aliphatic heterocycles. The second-order valence-electron chi connectivity index (χ2n) is 0.965. The third-order valence-corrected chi connectivity index (χ3v) is 0.769. The maximum absolute atomic E-state index is 4.48. The summed E-state index contributed by atoms with van der Waals surface area (Å²) in [7, 11) is 0. The third kappa shape index (κ3) is 6.20. The van der Waals surface area contributed by atoms with Gasteiger partial charge in [0.2, 0.25) is 0 Å². The molecular formula is C2K2N4S2. The van der Waals surface area contributed by atoms with E-state index in [1.54, 1.807) is 0 Å². The van der Waals surface area contributed by atoms with Crippen LogP contribution in [0.4, 0.5) is 0 Å². The molecule has 0 bridgehead atoms. The SMILES string of the molecule is [K+].[K+].[S-]c1nnc([S-])nn1. The Morgan fingerprint density at radius 1 is 0.700 bits per heavy atom.